The van der Waals surface area contributed by atoms with E-state index in [2.05, 4.69) is 21.2 Å². The molecule has 1 heterocycles. The zero-order chi connectivity index (χ0) is 12.0. The lowest BCUT2D eigenvalue weighted by Crippen LogP contribution is -2.31. The summed E-state index contributed by atoms with van der Waals surface area (Å²) in [5.74, 6) is 0.256. The number of rotatable bonds is 2. The van der Waals surface area contributed by atoms with Crippen LogP contribution in [0.15, 0.2) is 27.6 Å². The molecule has 3 rings (SSSR count). The first-order chi connectivity index (χ1) is 8.06. The number of nitrogens with one attached hydrogen (secondary N) is 1. The van der Waals surface area contributed by atoms with E-state index in [0.717, 1.165) is 10.0 Å². The van der Waals surface area contributed by atoms with Gasteiger partial charge < -0.3 is 5.32 Å². The molecular formula is C12H14BrNO2S. The molecule has 1 aliphatic carbocycles. The Morgan fingerprint density at radius 2 is 2.00 bits per heavy atom. The fourth-order valence-electron chi connectivity index (χ4n) is 2.32. The Bertz CT molecular complexity index is 552. The predicted octanol–water partition coefficient (Wildman–Crippen LogP) is 2.42. The average molecular weight is 316 g/mol. The van der Waals surface area contributed by atoms with Crippen molar-refractivity contribution >= 4 is 25.8 Å². The third kappa shape index (κ3) is 2.28. The Balaban J connectivity index is 2.04. The molecule has 17 heavy (non-hydrogen) atoms. The molecule has 1 aliphatic heterocycles. The molecule has 0 amide bonds. The summed E-state index contributed by atoms with van der Waals surface area (Å²) in [5.41, 5.74) is 0.928. The summed E-state index contributed by atoms with van der Waals surface area (Å²) in [6.07, 6.45) is 3.11. The van der Waals surface area contributed by atoms with Crippen LogP contribution in [-0.4, -0.2) is 20.2 Å². The molecule has 0 bridgehead atoms. The summed E-state index contributed by atoms with van der Waals surface area (Å²) < 4.78 is 24.9. The van der Waals surface area contributed by atoms with Gasteiger partial charge >= 0.3 is 0 Å². The second-order valence-electron chi connectivity index (χ2n) is 4.78. The van der Waals surface area contributed by atoms with Crippen LogP contribution in [0.5, 0.6) is 0 Å². The highest BCUT2D eigenvalue weighted by molar-refractivity contribution is 9.10. The van der Waals surface area contributed by atoms with Crippen molar-refractivity contribution in [3.8, 4) is 0 Å². The molecule has 1 N–H and O–H groups in total. The Morgan fingerprint density at radius 1 is 1.24 bits per heavy atom. The van der Waals surface area contributed by atoms with E-state index in [0.29, 0.717) is 17.4 Å². The number of hydrogen-bond acceptors (Lipinski definition) is 3. The molecule has 0 spiro atoms. The lowest BCUT2D eigenvalue weighted by atomic mass is 10.0. The molecule has 0 aromatic heterocycles. The van der Waals surface area contributed by atoms with Gasteiger partial charge in [0.05, 0.1) is 10.6 Å². The van der Waals surface area contributed by atoms with E-state index >= 15 is 0 Å². The molecule has 1 unspecified atom stereocenters. The van der Waals surface area contributed by atoms with Crippen molar-refractivity contribution < 1.29 is 8.42 Å². The largest absolute Gasteiger partial charge is 0.307 e. The average Bonchev–Trinajstić information content (AvgIpc) is 3.06. The maximum Gasteiger partial charge on any atom is 0.178 e. The Hall–Kier alpha value is -0.390. The van der Waals surface area contributed by atoms with E-state index in [1.807, 2.05) is 6.07 Å². The zero-order valence-electron chi connectivity index (χ0n) is 9.32. The summed E-state index contributed by atoms with van der Waals surface area (Å²) >= 11 is 3.41. The predicted molar refractivity (Wildman–Crippen MR) is 69.7 cm³/mol. The molecule has 0 saturated heterocycles. The van der Waals surface area contributed by atoms with E-state index in [1.165, 1.54) is 12.8 Å². The van der Waals surface area contributed by atoms with Crippen LogP contribution >= 0.6 is 15.9 Å². The first-order valence-corrected chi connectivity index (χ1v) is 8.29. The molecule has 2 aliphatic rings. The van der Waals surface area contributed by atoms with Crippen LogP contribution in [0.4, 0.5) is 0 Å². The summed E-state index contributed by atoms with van der Waals surface area (Å²) in [7, 11) is -3.07. The van der Waals surface area contributed by atoms with Crippen molar-refractivity contribution in [1.82, 2.24) is 5.32 Å². The molecule has 92 valence electrons. The maximum atomic E-state index is 12.0. The van der Waals surface area contributed by atoms with Crippen LogP contribution in [0.2, 0.25) is 0 Å². The van der Waals surface area contributed by atoms with Gasteiger partial charge in [-0.3, -0.25) is 0 Å². The smallest absolute Gasteiger partial charge is 0.178 e. The third-order valence-corrected chi connectivity index (χ3v) is 5.68. The Morgan fingerprint density at radius 3 is 2.71 bits per heavy atom. The highest BCUT2D eigenvalue weighted by Crippen LogP contribution is 2.36. The molecule has 1 saturated carbocycles. The van der Waals surface area contributed by atoms with Crippen LogP contribution < -0.4 is 5.32 Å². The molecule has 0 radical (unpaired) electrons. The number of sulfone groups is 1. The van der Waals surface area contributed by atoms with Gasteiger partial charge in [-0.05, 0) is 43.0 Å². The van der Waals surface area contributed by atoms with Gasteiger partial charge in [0.25, 0.3) is 0 Å². The van der Waals surface area contributed by atoms with Crippen molar-refractivity contribution in [2.24, 2.45) is 0 Å². The molecule has 1 atom stereocenters. The minimum Gasteiger partial charge on any atom is -0.307 e. The highest BCUT2D eigenvalue weighted by Gasteiger charge is 2.33. The number of benzene rings is 1. The number of hydrogen-bond donors (Lipinski definition) is 1. The standard InChI is InChI=1S/C12H14BrNO2S/c13-8-1-4-12-10(7-8)11(14-9-2-3-9)5-6-17(12,15)16/h1,4,7,9,11,14H,2-3,5-6H2. The molecule has 1 fully saturated rings. The molecule has 1 aromatic rings. The second-order valence-corrected chi connectivity index (χ2v) is 7.78. The van der Waals surface area contributed by atoms with Crippen molar-refractivity contribution in [2.45, 2.75) is 36.2 Å². The van der Waals surface area contributed by atoms with E-state index < -0.39 is 9.84 Å². The van der Waals surface area contributed by atoms with E-state index in [-0.39, 0.29) is 11.8 Å². The molecule has 5 heteroatoms. The SMILES string of the molecule is O=S1(=O)CCC(NC2CC2)c2cc(Br)ccc21. The van der Waals surface area contributed by atoms with Gasteiger partial charge in [0, 0.05) is 16.6 Å². The van der Waals surface area contributed by atoms with Gasteiger partial charge in [0.1, 0.15) is 0 Å². The van der Waals surface area contributed by atoms with Crippen LogP contribution in [0.25, 0.3) is 0 Å². The number of fused-ring (bicyclic) bond motifs is 1. The lowest BCUT2D eigenvalue weighted by molar-refractivity contribution is 0.489. The normalized spacial score (nSPS) is 26.5. The molecule has 1 aromatic carbocycles. The Kier molecular flexibility index (Phi) is 2.80. The van der Waals surface area contributed by atoms with Crippen molar-refractivity contribution in [2.75, 3.05) is 5.75 Å². The van der Waals surface area contributed by atoms with Crippen LogP contribution in [0.3, 0.4) is 0 Å². The summed E-state index contributed by atoms with van der Waals surface area (Å²) in [5, 5.41) is 3.53. The third-order valence-electron chi connectivity index (χ3n) is 3.37. The zero-order valence-corrected chi connectivity index (χ0v) is 11.7. The molecule has 3 nitrogen and oxygen atoms in total. The van der Waals surface area contributed by atoms with E-state index in [1.54, 1.807) is 12.1 Å². The van der Waals surface area contributed by atoms with Crippen LogP contribution in [-0.2, 0) is 9.84 Å². The minimum atomic E-state index is -3.07. The first kappa shape index (κ1) is 11.7. The van der Waals surface area contributed by atoms with Crippen molar-refractivity contribution in [3.05, 3.63) is 28.2 Å². The highest BCUT2D eigenvalue weighted by atomic mass is 79.9. The monoisotopic (exact) mass is 315 g/mol. The van der Waals surface area contributed by atoms with Crippen molar-refractivity contribution in [1.29, 1.82) is 0 Å². The fraction of sp³-hybridized carbons (Fsp3) is 0.500. The quantitative estimate of drug-likeness (QED) is 0.911. The minimum absolute atomic E-state index is 0.193. The first-order valence-electron chi connectivity index (χ1n) is 5.84. The van der Waals surface area contributed by atoms with Gasteiger partial charge in [0.15, 0.2) is 9.84 Å². The van der Waals surface area contributed by atoms with Crippen LogP contribution in [0, 0.1) is 0 Å². The van der Waals surface area contributed by atoms with Gasteiger partial charge in [-0.1, -0.05) is 15.9 Å². The van der Waals surface area contributed by atoms with Gasteiger partial charge in [0.2, 0.25) is 0 Å². The maximum absolute atomic E-state index is 12.0. The summed E-state index contributed by atoms with van der Waals surface area (Å²) in [4.78, 5) is 0.505. The van der Waals surface area contributed by atoms with E-state index in [4.69, 9.17) is 0 Å². The number of halogens is 1. The van der Waals surface area contributed by atoms with E-state index in [9.17, 15) is 8.42 Å². The van der Waals surface area contributed by atoms with Gasteiger partial charge in [-0.2, -0.15) is 0 Å². The lowest BCUT2D eigenvalue weighted by Gasteiger charge is -2.26. The van der Waals surface area contributed by atoms with Crippen molar-refractivity contribution in [3.63, 3.8) is 0 Å². The van der Waals surface area contributed by atoms with Gasteiger partial charge in [-0.25, -0.2) is 8.42 Å². The second kappa shape index (κ2) is 4.07. The van der Waals surface area contributed by atoms with Crippen LogP contribution in [0.1, 0.15) is 30.9 Å². The van der Waals surface area contributed by atoms with Gasteiger partial charge in [-0.15, -0.1) is 0 Å². The topological polar surface area (TPSA) is 46.2 Å². The fourth-order valence-corrected chi connectivity index (χ4v) is 4.30. The molecular weight excluding hydrogens is 302 g/mol. The summed E-state index contributed by atoms with van der Waals surface area (Å²) in [6.45, 7) is 0. The summed E-state index contributed by atoms with van der Waals surface area (Å²) in [6, 6.07) is 6.24. The Labute approximate surface area is 110 Å².